The van der Waals surface area contributed by atoms with E-state index in [-0.39, 0.29) is 16.7 Å². The summed E-state index contributed by atoms with van der Waals surface area (Å²) in [7, 11) is 1.53. The summed E-state index contributed by atoms with van der Waals surface area (Å²) in [6.07, 6.45) is 0.892. The van der Waals surface area contributed by atoms with Crippen molar-refractivity contribution in [2.24, 2.45) is 7.05 Å². The predicted octanol–water partition coefficient (Wildman–Crippen LogP) is 2.20. The van der Waals surface area contributed by atoms with Gasteiger partial charge in [0, 0.05) is 30.5 Å². The smallest absolute Gasteiger partial charge is 0.314 e. The number of carbonyl (C=O) groups excluding carboxylic acids is 1. The molecule has 1 aromatic carbocycles. The molecule has 0 aliphatic heterocycles. The summed E-state index contributed by atoms with van der Waals surface area (Å²) < 4.78 is 19.1. The van der Waals surface area contributed by atoms with Gasteiger partial charge in [0.2, 0.25) is 5.78 Å². The summed E-state index contributed by atoms with van der Waals surface area (Å²) in [5.74, 6) is -0.326. The molecule has 0 saturated heterocycles. The second-order valence-corrected chi connectivity index (χ2v) is 7.40. The first-order valence-electron chi connectivity index (χ1n) is 9.72. The van der Waals surface area contributed by atoms with Crippen molar-refractivity contribution in [1.82, 2.24) is 23.1 Å². The van der Waals surface area contributed by atoms with Crippen molar-refractivity contribution in [1.29, 1.82) is 0 Å². The van der Waals surface area contributed by atoms with Crippen LogP contribution in [0.15, 0.2) is 33.9 Å². The maximum absolute atomic E-state index is 13.3. The minimum absolute atomic E-state index is 0.227. The number of carbonyl (C=O) groups is 1. The molecule has 156 valence electrons. The number of benzene rings is 1. The van der Waals surface area contributed by atoms with Gasteiger partial charge in [-0.3, -0.25) is 23.1 Å². The van der Waals surface area contributed by atoms with Gasteiger partial charge in [-0.05, 0) is 44.5 Å². The Kier molecular flexibility index (Phi) is 4.68. The fourth-order valence-corrected chi connectivity index (χ4v) is 3.82. The molecule has 0 amide bonds. The van der Waals surface area contributed by atoms with Crippen LogP contribution in [0, 0.1) is 19.7 Å². The number of hydrogen-bond donors (Lipinski definition) is 0. The summed E-state index contributed by atoms with van der Waals surface area (Å²) in [6.45, 7) is 6.21. The van der Waals surface area contributed by atoms with Gasteiger partial charge in [-0.25, -0.2) is 9.18 Å². The highest BCUT2D eigenvalue weighted by atomic mass is 19.1. The molecule has 0 spiro atoms. The zero-order valence-corrected chi connectivity index (χ0v) is 17.3. The lowest BCUT2D eigenvalue weighted by Crippen LogP contribution is -2.41. The van der Waals surface area contributed by atoms with E-state index in [1.807, 2.05) is 18.4 Å². The van der Waals surface area contributed by atoms with Crippen LogP contribution in [0.1, 0.15) is 35.1 Å². The van der Waals surface area contributed by atoms with E-state index < -0.39 is 29.4 Å². The van der Waals surface area contributed by atoms with Crippen LogP contribution in [0.2, 0.25) is 0 Å². The normalized spacial score (nSPS) is 11.6. The molecule has 3 heterocycles. The molecule has 4 aromatic rings. The van der Waals surface area contributed by atoms with E-state index in [9.17, 15) is 18.8 Å². The summed E-state index contributed by atoms with van der Waals surface area (Å²) >= 11 is 0. The van der Waals surface area contributed by atoms with Crippen LogP contribution in [-0.4, -0.2) is 28.9 Å². The molecule has 0 N–H and O–H groups in total. The lowest BCUT2D eigenvalue weighted by molar-refractivity contribution is 0.0969. The van der Waals surface area contributed by atoms with E-state index in [0.29, 0.717) is 5.78 Å². The number of aryl methyl sites for hydroxylation is 3. The second-order valence-electron chi connectivity index (χ2n) is 7.40. The topological polar surface area (TPSA) is 83.3 Å². The van der Waals surface area contributed by atoms with Crippen molar-refractivity contribution in [3.63, 3.8) is 0 Å². The average molecular weight is 411 g/mol. The number of Topliss-reactive ketones (excluding diaryl/α,β-unsaturated/α-hetero) is 1. The van der Waals surface area contributed by atoms with Crippen LogP contribution in [0.5, 0.6) is 0 Å². The summed E-state index contributed by atoms with van der Waals surface area (Å²) in [6, 6.07) is 5.00. The molecule has 8 nitrogen and oxygen atoms in total. The number of imidazole rings is 2. The number of halogens is 1. The molecule has 4 rings (SSSR count). The Bertz CT molecular complexity index is 1420. The van der Waals surface area contributed by atoms with Crippen LogP contribution < -0.4 is 11.2 Å². The van der Waals surface area contributed by atoms with Crippen LogP contribution in [0.4, 0.5) is 4.39 Å². The number of hydrogen-bond acceptors (Lipinski definition) is 4. The van der Waals surface area contributed by atoms with Gasteiger partial charge in [0.25, 0.3) is 5.56 Å². The maximum Gasteiger partial charge on any atom is 0.332 e. The first-order valence-corrected chi connectivity index (χ1v) is 9.72. The Balaban J connectivity index is 1.95. The Morgan fingerprint density at radius 2 is 1.73 bits per heavy atom. The van der Waals surface area contributed by atoms with Crippen molar-refractivity contribution in [2.75, 3.05) is 0 Å². The summed E-state index contributed by atoms with van der Waals surface area (Å²) in [4.78, 5) is 43.3. The zero-order chi connectivity index (χ0) is 21.7. The molecule has 0 aliphatic carbocycles. The van der Waals surface area contributed by atoms with E-state index in [2.05, 4.69) is 11.9 Å². The Morgan fingerprint density at radius 1 is 1.07 bits per heavy atom. The molecular weight excluding hydrogens is 389 g/mol. The number of nitrogens with zero attached hydrogens (tertiary/aromatic N) is 5. The highest BCUT2D eigenvalue weighted by Crippen LogP contribution is 2.20. The van der Waals surface area contributed by atoms with Gasteiger partial charge < -0.3 is 4.57 Å². The van der Waals surface area contributed by atoms with Crippen molar-refractivity contribution < 1.29 is 9.18 Å². The molecular formula is C21H22FN5O3. The molecule has 0 saturated carbocycles. The third-order valence-corrected chi connectivity index (χ3v) is 5.55. The number of rotatable bonds is 5. The van der Waals surface area contributed by atoms with Crippen LogP contribution >= 0.6 is 0 Å². The number of ketones is 1. The molecule has 0 unspecified atom stereocenters. The van der Waals surface area contributed by atoms with E-state index in [1.54, 1.807) is 4.40 Å². The van der Waals surface area contributed by atoms with E-state index in [4.69, 9.17) is 0 Å². The monoisotopic (exact) mass is 411 g/mol. The zero-order valence-electron chi connectivity index (χ0n) is 17.3. The highest BCUT2D eigenvalue weighted by molar-refractivity contribution is 5.96. The van der Waals surface area contributed by atoms with Gasteiger partial charge in [0.15, 0.2) is 16.9 Å². The van der Waals surface area contributed by atoms with E-state index in [1.165, 1.54) is 35.9 Å². The lowest BCUT2D eigenvalue weighted by Gasteiger charge is -2.08. The van der Waals surface area contributed by atoms with Gasteiger partial charge >= 0.3 is 5.69 Å². The third kappa shape index (κ3) is 2.80. The summed E-state index contributed by atoms with van der Waals surface area (Å²) in [5.41, 5.74) is 1.40. The molecule has 0 radical (unpaired) electrons. The summed E-state index contributed by atoms with van der Waals surface area (Å²) in [5, 5.41) is 0. The molecule has 3 aromatic heterocycles. The van der Waals surface area contributed by atoms with Crippen molar-refractivity contribution in [3.05, 3.63) is 67.9 Å². The predicted molar refractivity (Wildman–Crippen MR) is 111 cm³/mol. The second kappa shape index (κ2) is 7.08. The Labute approximate surface area is 170 Å². The Morgan fingerprint density at radius 3 is 2.37 bits per heavy atom. The molecule has 0 bridgehead atoms. The van der Waals surface area contributed by atoms with Crippen molar-refractivity contribution in [3.8, 4) is 0 Å². The lowest BCUT2D eigenvalue weighted by atomic mass is 10.1. The van der Waals surface area contributed by atoms with Gasteiger partial charge in [0.1, 0.15) is 5.82 Å². The average Bonchev–Trinajstić information content (AvgIpc) is 3.22. The van der Waals surface area contributed by atoms with Crippen molar-refractivity contribution >= 4 is 22.7 Å². The van der Waals surface area contributed by atoms with Crippen molar-refractivity contribution in [2.45, 2.75) is 40.3 Å². The largest absolute Gasteiger partial charge is 0.332 e. The highest BCUT2D eigenvalue weighted by Gasteiger charge is 2.23. The molecule has 0 fully saturated rings. The third-order valence-electron chi connectivity index (χ3n) is 5.55. The fourth-order valence-electron chi connectivity index (χ4n) is 3.82. The van der Waals surface area contributed by atoms with Gasteiger partial charge in [-0.1, -0.05) is 6.92 Å². The maximum atomic E-state index is 13.3. The standard InChI is InChI=1S/C21H22FN5O3/c1-5-10-25-12(2)13(3)27-17-18(23-20(25)27)24(4)21(30)26(19(17)29)11-16(28)14-6-8-15(22)9-7-14/h6-9H,5,10-11H2,1-4H3. The molecule has 30 heavy (non-hydrogen) atoms. The van der Waals surface area contributed by atoms with Crippen LogP contribution in [0.25, 0.3) is 16.9 Å². The molecule has 9 heteroatoms. The number of fused-ring (bicyclic) bond motifs is 3. The van der Waals surface area contributed by atoms with Gasteiger partial charge in [0.05, 0.1) is 6.54 Å². The van der Waals surface area contributed by atoms with Gasteiger partial charge in [-0.15, -0.1) is 0 Å². The van der Waals surface area contributed by atoms with Crippen LogP contribution in [0.3, 0.4) is 0 Å². The van der Waals surface area contributed by atoms with Gasteiger partial charge in [-0.2, -0.15) is 4.98 Å². The molecule has 0 aliphatic rings. The quantitative estimate of drug-likeness (QED) is 0.472. The fraction of sp³-hybridized carbons (Fsp3) is 0.333. The van der Waals surface area contributed by atoms with E-state index >= 15 is 0 Å². The minimum atomic E-state index is -0.625. The number of aromatic nitrogens is 5. The first kappa shape index (κ1) is 19.8. The molecule has 0 atom stereocenters. The first-order chi connectivity index (χ1) is 14.3. The van der Waals surface area contributed by atoms with Crippen LogP contribution in [-0.2, 0) is 20.1 Å². The SMILES string of the molecule is CCCn1c(C)c(C)n2c3c(=O)n(CC(=O)c4ccc(F)cc4)c(=O)n(C)c3nc12. The minimum Gasteiger partial charge on any atom is -0.314 e. The Hall–Kier alpha value is -3.49. The van der Waals surface area contributed by atoms with E-state index in [0.717, 1.165) is 28.9 Å².